The second-order valence-corrected chi connectivity index (χ2v) is 7.20. The summed E-state index contributed by atoms with van der Waals surface area (Å²) in [6, 6.07) is 15.7. The number of benzene rings is 2. The molecule has 0 aliphatic carbocycles. The molecule has 1 fully saturated rings. The standard InChI is InChI=1S/C18H19ClN2OS/c19-14-3-7-16(8-4-14)23-17-9-5-15(6-10-17)20-18(22)13-21-11-1-2-12-21/h3-10H,1-2,11-13H2,(H,20,22). The average Bonchev–Trinajstić information content (AvgIpc) is 3.04. The van der Waals surface area contributed by atoms with Gasteiger partial charge < -0.3 is 5.32 Å². The Bertz CT molecular complexity index is 652. The molecule has 2 aromatic rings. The van der Waals surface area contributed by atoms with Crippen molar-refractivity contribution in [3.05, 3.63) is 53.6 Å². The summed E-state index contributed by atoms with van der Waals surface area (Å²) in [4.78, 5) is 16.5. The molecule has 0 unspecified atom stereocenters. The molecule has 0 saturated carbocycles. The summed E-state index contributed by atoms with van der Waals surface area (Å²) < 4.78 is 0. The van der Waals surface area contributed by atoms with Gasteiger partial charge in [0.15, 0.2) is 0 Å². The summed E-state index contributed by atoms with van der Waals surface area (Å²) in [6.07, 6.45) is 2.40. The number of nitrogens with zero attached hydrogens (tertiary/aromatic N) is 1. The molecule has 1 heterocycles. The largest absolute Gasteiger partial charge is 0.325 e. The molecule has 0 spiro atoms. The molecule has 0 atom stereocenters. The number of likely N-dealkylation sites (tertiary alicyclic amines) is 1. The van der Waals surface area contributed by atoms with Gasteiger partial charge in [0.05, 0.1) is 6.54 Å². The van der Waals surface area contributed by atoms with E-state index in [0.717, 1.165) is 33.6 Å². The molecule has 1 saturated heterocycles. The van der Waals surface area contributed by atoms with Gasteiger partial charge in [-0.25, -0.2) is 0 Å². The van der Waals surface area contributed by atoms with Gasteiger partial charge in [0.1, 0.15) is 0 Å². The monoisotopic (exact) mass is 346 g/mol. The van der Waals surface area contributed by atoms with Gasteiger partial charge in [-0.2, -0.15) is 0 Å². The van der Waals surface area contributed by atoms with Crippen molar-refractivity contribution in [1.82, 2.24) is 4.90 Å². The van der Waals surface area contributed by atoms with Crippen molar-refractivity contribution in [2.24, 2.45) is 0 Å². The van der Waals surface area contributed by atoms with Gasteiger partial charge in [-0.1, -0.05) is 23.4 Å². The molecule has 0 radical (unpaired) electrons. The lowest BCUT2D eigenvalue weighted by molar-refractivity contribution is -0.117. The number of carbonyl (C=O) groups is 1. The van der Waals surface area contributed by atoms with E-state index in [9.17, 15) is 4.79 Å². The first kappa shape index (κ1) is 16.4. The van der Waals surface area contributed by atoms with Crippen LogP contribution in [-0.4, -0.2) is 30.4 Å². The minimum Gasteiger partial charge on any atom is -0.325 e. The molecule has 1 aliphatic rings. The van der Waals surface area contributed by atoms with Crippen LogP contribution in [0, 0.1) is 0 Å². The van der Waals surface area contributed by atoms with E-state index in [0.29, 0.717) is 6.54 Å². The Morgan fingerprint density at radius 2 is 1.57 bits per heavy atom. The van der Waals surface area contributed by atoms with Crippen molar-refractivity contribution in [3.8, 4) is 0 Å². The summed E-state index contributed by atoms with van der Waals surface area (Å²) >= 11 is 7.56. The maximum absolute atomic E-state index is 12.0. The van der Waals surface area contributed by atoms with Gasteiger partial charge in [-0.3, -0.25) is 9.69 Å². The van der Waals surface area contributed by atoms with Crippen LogP contribution in [0.1, 0.15) is 12.8 Å². The van der Waals surface area contributed by atoms with E-state index in [2.05, 4.69) is 10.2 Å². The molecule has 23 heavy (non-hydrogen) atoms. The fourth-order valence-corrected chi connectivity index (χ4v) is 3.53. The summed E-state index contributed by atoms with van der Waals surface area (Å²) in [5.74, 6) is 0.0602. The fraction of sp³-hybridized carbons (Fsp3) is 0.278. The quantitative estimate of drug-likeness (QED) is 0.863. The van der Waals surface area contributed by atoms with Crippen molar-refractivity contribution in [2.45, 2.75) is 22.6 Å². The minimum absolute atomic E-state index is 0.0602. The number of hydrogen-bond donors (Lipinski definition) is 1. The Labute approximate surface area is 146 Å². The van der Waals surface area contributed by atoms with E-state index >= 15 is 0 Å². The molecule has 1 aliphatic heterocycles. The van der Waals surface area contributed by atoms with Crippen molar-refractivity contribution < 1.29 is 4.79 Å². The van der Waals surface area contributed by atoms with Crippen LogP contribution < -0.4 is 5.32 Å². The van der Waals surface area contributed by atoms with Gasteiger partial charge in [-0.05, 0) is 74.5 Å². The van der Waals surface area contributed by atoms with Crippen LogP contribution >= 0.6 is 23.4 Å². The molecule has 2 aromatic carbocycles. The van der Waals surface area contributed by atoms with Gasteiger partial charge >= 0.3 is 0 Å². The summed E-state index contributed by atoms with van der Waals surface area (Å²) in [6.45, 7) is 2.55. The van der Waals surface area contributed by atoms with Crippen molar-refractivity contribution in [2.75, 3.05) is 25.0 Å². The Hall–Kier alpha value is -1.49. The van der Waals surface area contributed by atoms with Crippen LogP contribution in [0.4, 0.5) is 5.69 Å². The lowest BCUT2D eigenvalue weighted by atomic mass is 10.3. The molecule has 0 aromatic heterocycles. The summed E-state index contributed by atoms with van der Waals surface area (Å²) in [5, 5.41) is 3.70. The normalized spacial score (nSPS) is 14.8. The van der Waals surface area contributed by atoms with E-state index in [1.54, 1.807) is 11.8 Å². The summed E-state index contributed by atoms with van der Waals surface area (Å²) in [5.41, 5.74) is 0.842. The first-order chi connectivity index (χ1) is 11.2. The SMILES string of the molecule is O=C(CN1CCCC1)Nc1ccc(Sc2ccc(Cl)cc2)cc1. The number of carbonyl (C=O) groups excluding carboxylic acids is 1. The maximum Gasteiger partial charge on any atom is 0.238 e. The number of anilines is 1. The van der Waals surface area contributed by atoms with E-state index in [1.807, 2.05) is 48.5 Å². The topological polar surface area (TPSA) is 32.3 Å². The third-order valence-electron chi connectivity index (χ3n) is 3.75. The zero-order valence-corrected chi connectivity index (χ0v) is 14.4. The zero-order chi connectivity index (χ0) is 16.1. The molecule has 0 bridgehead atoms. The lowest BCUT2D eigenvalue weighted by Crippen LogP contribution is -2.30. The Kier molecular flexibility index (Phi) is 5.60. The van der Waals surface area contributed by atoms with Crippen LogP contribution in [0.25, 0.3) is 0 Å². The number of hydrogen-bond acceptors (Lipinski definition) is 3. The number of rotatable bonds is 5. The first-order valence-electron chi connectivity index (χ1n) is 7.75. The van der Waals surface area contributed by atoms with E-state index in [-0.39, 0.29) is 5.91 Å². The molecule has 3 nitrogen and oxygen atoms in total. The van der Waals surface area contributed by atoms with Crippen molar-refractivity contribution >= 4 is 35.0 Å². The summed E-state index contributed by atoms with van der Waals surface area (Å²) in [7, 11) is 0. The zero-order valence-electron chi connectivity index (χ0n) is 12.8. The molecule has 1 N–H and O–H groups in total. The molecular formula is C18H19ClN2OS. The van der Waals surface area contributed by atoms with Crippen LogP contribution in [0.15, 0.2) is 58.3 Å². The highest BCUT2D eigenvalue weighted by atomic mass is 35.5. The van der Waals surface area contributed by atoms with E-state index in [4.69, 9.17) is 11.6 Å². The Morgan fingerprint density at radius 1 is 1.00 bits per heavy atom. The third-order valence-corrected chi connectivity index (χ3v) is 5.02. The van der Waals surface area contributed by atoms with Crippen molar-refractivity contribution in [1.29, 1.82) is 0 Å². The van der Waals surface area contributed by atoms with Crippen LogP contribution in [0.2, 0.25) is 5.02 Å². The second kappa shape index (κ2) is 7.86. The number of halogens is 1. The lowest BCUT2D eigenvalue weighted by Gasteiger charge is -2.14. The van der Waals surface area contributed by atoms with E-state index in [1.165, 1.54) is 12.8 Å². The minimum atomic E-state index is 0.0602. The van der Waals surface area contributed by atoms with Gasteiger partial charge in [-0.15, -0.1) is 0 Å². The highest BCUT2D eigenvalue weighted by molar-refractivity contribution is 7.99. The Balaban J connectivity index is 1.54. The van der Waals surface area contributed by atoms with Crippen LogP contribution in [0.3, 0.4) is 0 Å². The molecule has 120 valence electrons. The predicted molar refractivity (Wildman–Crippen MR) is 96.3 cm³/mol. The van der Waals surface area contributed by atoms with Gasteiger partial charge in [0.25, 0.3) is 0 Å². The first-order valence-corrected chi connectivity index (χ1v) is 8.94. The highest BCUT2D eigenvalue weighted by Gasteiger charge is 2.14. The Morgan fingerprint density at radius 3 is 2.17 bits per heavy atom. The van der Waals surface area contributed by atoms with Gasteiger partial charge in [0, 0.05) is 20.5 Å². The van der Waals surface area contributed by atoms with E-state index < -0.39 is 0 Å². The van der Waals surface area contributed by atoms with Crippen LogP contribution in [-0.2, 0) is 4.79 Å². The van der Waals surface area contributed by atoms with Crippen LogP contribution in [0.5, 0.6) is 0 Å². The highest BCUT2D eigenvalue weighted by Crippen LogP contribution is 2.29. The second-order valence-electron chi connectivity index (χ2n) is 5.61. The number of nitrogens with one attached hydrogen (secondary N) is 1. The fourth-order valence-electron chi connectivity index (χ4n) is 2.59. The smallest absolute Gasteiger partial charge is 0.238 e. The molecule has 1 amide bonds. The molecule has 3 rings (SSSR count). The molecule has 5 heteroatoms. The van der Waals surface area contributed by atoms with Gasteiger partial charge in [0.2, 0.25) is 5.91 Å². The maximum atomic E-state index is 12.0. The molecular weight excluding hydrogens is 328 g/mol. The number of amides is 1. The van der Waals surface area contributed by atoms with Crippen molar-refractivity contribution in [3.63, 3.8) is 0 Å². The predicted octanol–water partition coefficient (Wildman–Crippen LogP) is 4.53. The third kappa shape index (κ3) is 4.99. The average molecular weight is 347 g/mol.